The number of carbonyl (C=O) groups is 1. The number of primary amides is 1. The summed E-state index contributed by atoms with van der Waals surface area (Å²) >= 11 is 0. The number of para-hydroxylation sites is 2. The minimum Gasteiger partial charge on any atom is -0.504 e. The first-order valence-corrected chi connectivity index (χ1v) is 3.85. The van der Waals surface area contributed by atoms with Crippen molar-refractivity contribution in [3.05, 3.63) is 24.3 Å². The van der Waals surface area contributed by atoms with Crippen molar-refractivity contribution >= 4 is 5.91 Å². The second-order valence-electron chi connectivity index (χ2n) is 2.63. The van der Waals surface area contributed by atoms with Crippen LogP contribution in [0.1, 0.15) is 6.92 Å². The second-order valence-corrected chi connectivity index (χ2v) is 2.63. The van der Waals surface area contributed by atoms with Gasteiger partial charge < -0.3 is 15.6 Å². The fourth-order valence-electron chi connectivity index (χ4n) is 0.805. The number of phenolic OH excluding ortho intramolecular Hbond substituents is 1. The van der Waals surface area contributed by atoms with Gasteiger partial charge in [-0.15, -0.1) is 0 Å². The molecule has 0 spiro atoms. The molecule has 0 aliphatic carbocycles. The van der Waals surface area contributed by atoms with Crippen LogP contribution in [0.3, 0.4) is 0 Å². The van der Waals surface area contributed by atoms with Crippen LogP contribution in [0.25, 0.3) is 0 Å². The van der Waals surface area contributed by atoms with Gasteiger partial charge in [0.2, 0.25) is 0 Å². The zero-order valence-electron chi connectivity index (χ0n) is 7.23. The number of amides is 1. The Kier molecular flexibility index (Phi) is 2.74. The highest BCUT2D eigenvalue weighted by atomic mass is 16.5. The summed E-state index contributed by atoms with van der Waals surface area (Å²) in [5.41, 5.74) is 4.99. The molecular formula is C9H11NO3. The number of aromatic hydroxyl groups is 1. The largest absolute Gasteiger partial charge is 0.504 e. The zero-order chi connectivity index (χ0) is 9.84. The summed E-state index contributed by atoms with van der Waals surface area (Å²) in [4.78, 5) is 10.6. The summed E-state index contributed by atoms with van der Waals surface area (Å²) in [6.07, 6.45) is -0.742. The molecule has 0 heterocycles. The maximum absolute atomic E-state index is 10.6. The third-order valence-electron chi connectivity index (χ3n) is 1.57. The molecular weight excluding hydrogens is 170 g/mol. The SMILES string of the molecule is CC(Oc1ccccc1O)C(N)=O. The van der Waals surface area contributed by atoms with Crippen molar-refractivity contribution in [2.45, 2.75) is 13.0 Å². The average Bonchev–Trinajstić information content (AvgIpc) is 2.08. The number of rotatable bonds is 3. The van der Waals surface area contributed by atoms with Crippen molar-refractivity contribution in [1.29, 1.82) is 0 Å². The van der Waals surface area contributed by atoms with E-state index in [-0.39, 0.29) is 11.5 Å². The van der Waals surface area contributed by atoms with Gasteiger partial charge in [-0.3, -0.25) is 4.79 Å². The molecule has 0 fully saturated rings. The van der Waals surface area contributed by atoms with Crippen molar-refractivity contribution in [3.8, 4) is 11.5 Å². The number of nitrogens with two attached hydrogens (primary N) is 1. The van der Waals surface area contributed by atoms with Gasteiger partial charge in [0.1, 0.15) is 0 Å². The van der Waals surface area contributed by atoms with Crippen LogP contribution in [-0.4, -0.2) is 17.1 Å². The van der Waals surface area contributed by atoms with Crippen molar-refractivity contribution in [2.24, 2.45) is 5.73 Å². The number of ether oxygens (including phenoxy) is 1. The van der Waals surface area contributed by atoms with Crippen LogP contribution < -0.4 is 10.5 Å². The maximum Gasteiger partial charge on any atom is 0.258 e. The first-order chi connectivity index (χ1) is 6.11. The quantitative estimate of drug-likeness (QED) is 0.718. The lowest BCUT2D eigenvalue weighted by Crippen LogP contribution is -2.30. The zero-order valence-corrected chi connectivity index (χ0v) is 7.23. The van der Waals surface area contributed by atoms with Gasteiger partial charge in [-0.2, -0.15) is 0 Å². The normalized spacial score (nSPS) is 12.1. The van der Waals surface area contributed by atoms with Crippen LogP contribution in [0, 0.1) is 0 Å². The van der Waals surface area contributed by atoms with Gasteiger partial charge in [-0.05, 0) is 19.1 Å². The fraction of sp³-hybridized carbons (Fsp3) is 0.222. The lowest BCUT2D eigenvalue weighted by molar-refractivity contribution is -0.124. The Morgan fingerprint density at radius 3 is 2.69 bits per heavy atom. The van der Waals surface area contributed by atoms with Crippen LogP contribution in [0.4, 0.5) is 0 Å². The lowest BCUT2D eigenvalue weighted by Gasteiger charge is -2.11. The molecule has 0 aromatic heterocycles. The average molecular weight is 181 g/mol. The summed E-state index contributed by atoms with van der Waals surface area (Å²) in [5.74, 6) is -0.312. The smallest absolute Gasteiger partial charge is 0.258 e. The molecule has 1 aromatic rings. The monoisotopic (exact) mass is 181 g/mol. The first kappa shape index (κ1) is 9.38. The molecule has 0 saturated heterocycles. The molecule has 0 aliphatic rings. The Morgan fingerprint density at radius 2 is 2.15 bits per heavy atom. The number of benzene rings is 1. The van der Waals surface area contributed by atoms with Gasteiger partial charge in [-0.25, -0.2) is 0 Å². The summed E-state index contributed by atoms with van der Waals surface area (Å²) in [6.45, 7) is 1.52. The van der Waals surface area contributed by atoms with Crippen molar-refractivity contribution < 1.29 is 14.6 Å². The number of phenols is 1. The predicted molar refractivity (Wildman–Crippen MR) is 47.4 cm³/mol. The molecule has 70 valence electrons. The van der Waals surface area contributed by atoms with E-state index in [1.54, 1.807) is 18.2 Å². The Bertz CT molecular complexity index is 311. The van der Waals surface area contributed by atoms with Gasteiger partial charge in [-0.1, -0.05) is 12.1 Å². The summed E-state index contributed by atoms with van der Waals surface area (Å²) in [7, 11) is 0. The number of hydrogen-bond donors (Lipinski definition) is 2. The van der Waals surface area contributed by atoms with Gasteiger partial charge in [0.05, 0.1) is 0 Å². The van der Waals surface area contributed by atoms with Crippen molar-refractivity contribution in [2.75, 3.05) is 0 Å². The van der Waals surface area contributed by atoms with E-state index in [0.717, 1.165) is 0 Å². The molecule has 1 atom stereocenters. The van der Waals surface area contributed by atoms with E-state index in [2.05, 4.69) is 0 Å². The highest BCUT2D eigenvalue weighted by molar-refractivity contribution is 5.78. The third kappa shape index (κ3) is 2.37. The van der Waals surface area contributed by atoms with Gasteiger partial charge in [0.15, 0.2) is 17.6 Å². The molecule has 1 amide bonds. The third-order valence-corrected chi connectivity index (χ3v) is 1.57. The molecule has 4 nitrogen and oxygen atoms in total. The highest BCUT2D eigenvalue weighted by Gasteiger charge is 2.11. The van der Waals surface area contributed by atoms with Gasteiger partial charge in [0.25, 0.3) is 5.91 Å². The Balaban J connectivity index is 2.74. The second kappa shape index (κ2) is 3.80. The van der Waals surface area contributed by atoms with Crippen LogP contribution in [0.2, 0.25) is 0 Å². The maximum atomic E-state index is 10.6. The van der Waals surface area contributed by atoms with Crippen molar-refractivity contribution in [3.63, 3.8) is 0 Å². The topological polar surface area (TPSA) is 72.6 Å². The van der Waals surface area contributed by atoms with E-state index in [9.17, 15) is 9.90 Å². The van der Waals surface area contributed by atoms with E-state index in [1.807, 2.05) is 0 Å². The van der Waals surface area contributed by atoms with Gasteiger partial charge in [0, 0.05) is 0 Å². The molecule has 0 saturated carbocycles. The Labute approximate surface area is 75.9 Å². The first-order valence-electron chi connectivity index (χ1n) is 3.85. The summed E-state index contributed by atoms with van der Waals surface area (Å²) in [5, 5.41) is 9.26. The van der Waals surface area contributed by atoms with E-state index in [4.69, 9.17) is 10.5 Å². The van der Waals surface area contributed by atoms with Crippen molar-refractivity contribution in [1.82, 2.24) is 0 Å². The molecule has 1 unspecified atom stereocenters. The summed E-state index contributed by atoms with van der Waals surface area (Å²) < 4.78 is 5.08. The molecule has 1 rings (SSSR count). The fourth-order valence-corrected chi connectivity index (χ4v) is 0.805. The van der Waals surface area contributed by atoms with E-state index < -0.39 is 12.0 Å². The molecule has 0 bridgehead atoms. The molecule has 13 heavy (non-hydrogen) atoms. The van der Waals surface area contributed by atoms with E-state index in [1.165, 1.54) is 13.0 Å². The van der Waals surface area contributed by atoms with Crippen LogP contribution in [0.5, 0.6) is 11.5 Å². The lowest BCUT2D eigenvalue weighted by atomic mass is 10.3. The highest BCUT2D eigenvalue weighted by Crippen LogP contribution is 2.25. The molecule has 0 radical (unpaired) electrons. The molecule has 1 aromatic carbocycles. The van der Waals surface area contributed by atoms with Crippen LogP contribution >= 0.6 is 0 Å². The number of hydrogen-bond acceptors (Lipinski definition) is 3. The number of carbonyl (C=O) groups excluding carboxylic acids is 1. The standard InChI is InChI=1S/C9H11NO3/c1-6(9(10)12)13-8-5-3-2-4-7(8)11/h2-6,11H,1H3,(H2,10,12). The molecule has 0 aliphatic heterocycles. The van der Waals surface area contributed by atoms with Gasteiger partial charge >= 0.3 is 0 Å². The van der Waals surface area contributed by atoms with Crippen LogP contribution in [0.15, 0.2) is 24.3 Å². The predicted octanol–water partition coefficient (Wildman–Crippen LogP) is 0.645. The minimum atomic E-state index is -0.742. The van der Waals surface area contributed by atoms with E-state index >= 15 is 0 Å². The Hall–Kier alpha value is -1.71. The summed E-state index contributed by atoms with van der Waals surface area (Å²) in [6, 6.07) is 6.40. The van der Waals surface area contributed by atoms with E-state index in [0.29, 0.717) is 0 Å². The molecule has 4 heteroatoms. The Morgan fingerprint density at radius 1 is 1.54 bits per heavy atom. The molecule has 3 N–H and O–H groups in total. The minimum absolute atomic E-state index is 0.00407. The van der Waals surface area contributed by atoms with Crippen LogP contribution in [-0.2, 0) is 4.79 Å².